The number of ether oxygens (including phenoxy) is 3. The number of nitrogens with zero attached hydrogens (tertiary/aromatic N) is 3. The topological polar surface area (TPSA) is 78.4 Å². The number of anilines is 1. The van der Waals surface area contributed by atoms with Crippen LogP contribution in [0, 0.1) is 6.92 Å². The average Bonchev–Trinajstić information content (AvgIpc) is 3.25. The van der Waals surface area contributed by atoms with Gasteiger partial charge in [-0.3, -0.25) is 0 Å². The minimum atomic E-state index is 0.248. The Kier molecular flexibility index (Phi) is 5.25. The lowest BCUT2D eigenvalue weighted by molar-refractivity contribution is 0.120. The van der Waals surface area contributed by atoms with Gasteiger partial charge in [0.25, 0.3) is 0 Å². The summed E-state index contributed by atoms with van der Waals surface area (Å²) in [6, 6.07) is 5.80. The van der Waals surface area contributed by atoms with Crippen molar-refractivity contribution in [1.82, 2.24) is 15.0 Å². The van der Waals surface area contributed by atoms with Gasteiger partial charge in [-0.1, -0.05) is 0 Å². The first kappa shape index (κ1) is 18.4. The zero-order valence-corrected chi connectivity index (χ0v) is 16.4. The van der Waals surface area contributed by atoms with Crippen molar-refractivity contribution < 1.29 is 14.2 Å². The summed E-state index contributed by atoms with van der Waals surface area (Å²) in [6.45, 7) is 3.61. The number of pyridine rings is 1. The van der Waals surface area contributed by atoms with Crippen molar-refractivity contribution in [1.29, 1.82) is 0 Å². The molecule has 0 amide bonds. The largest absolute Gasteiger partial charge is 0.497 e. The molecule has 146 valence electrons. The van der Waals surface area contributed by atoms with Gasteiger partial charge in [0.1, 0.15) is 11.5 Å². The smallest absolute Gasteiger partial charge is 0.222 e. The number of fused-ring (bicyclic) bond motifs is 1. The Morgan fingerprint density at radius 2 is 1.96 bits per heavy atom. The van der Waals surface area contributed by atoms with E-state index >= 15 is 0 Å². The van der Waals surface area contributed by atoms with Crippen molar-refractivity contribution in [2.45, 2.75) is 25.9 Å². The predicted molar refractivity (Wildman–Crippen MR) is 108 cm³/mol. The predicted octanol–water partition coefficient (Wildman–Crippen LogP) is 3.61. The summed E-state index contributed by atoms with van der Waals surface area (Å²) >= 11 is 0. The molecule has 0 bridgehead atoms. The molecule has 1 N–H and O–H groups in total. The highest BCUT2D eigenvalue weighted by atomic mass is 16.5. The molecule has 28 heavy (non-hydrogen) atoms. The molecule has 1 aliphatic heterocycles. The highest BCUT2D eigenvalue weighted by Gasteiger charge is 2.16. The number of methoxy groups -OCH3 is 2. The van der Waals surface area contributed by atoms with Crippen LogP contribution in [0.15, 0.2) is 30.6 Å². The van der Waals surface area contributed by atoms with Crippen molar-refractivity contribution in [2.24, 2.45) is 0 Å². The molecule has 0 saturated carbocycles. The number of rotatable bonds is 6. The van der Waals surface area contributed by atoms with Crippen LogP contribution in [-0.4, -0.2) is 48.4 Å². The molecule has 3 heterocycles. The molecule has 2 aromatic heterocycles. The van der Waals surface area contributed by atoms with Crippen molar-refractivity contribution >= 4 is 16.9 Å². The van der Waals surface area contributed by atoms with E-state index in [2.05, 4.69) is 15.3 Å². The Morgan fingerprint density at radius 1 is 1.14 bits per heavy atom. The van der Waals surface area contributed by atoms with Gasteiger partial charge < -0.3 is 19.5 Å². The number of nitrogens with one attached hydrogen (secondary N) is 1. The fourth-order valence-electron chi connectivity index (χ4n) is 3.49. The van der Waals surface area contributed by atoms with E-state index in [1.807, 2.05) is 25.1 Å². The van der Waals surface area contributed by atoms with E-state index in [-0.39, 0.29) is 6.10 Å². The summed E-state index contributed by atoms with van der Waals surface area (Å²) < 4.78 is 16.5. The summed E-state index contributed by atoms with van der Waals surface area (Å²) in [5, 5.41) is 4.21. The molecule has 1 saturated heterocycles. The Bertz CT molecular complexity index is 970. The van der Waals surface area contributed by atoms with Crippen LogP contribution in [0.1, 0.15) is 18.4 Å². The summed E-state index contributed by atoms with van der Waals surface area (Å²) in [5.41, 5.74) is 3.55. The van der Waals surface area contributed by atoms with Crippen LogP contribution in [0.3, 0.4) is 0 Å². The van der Waals surface area contributed by atoms with Gasteiger partial charge in [0.05, 0.1) is 31.5 Å². The molecular weight excluding hydrogens is 356 g/mol. The van der Waals surface area contributed by atoms with E-state index in [1.165, 1.54) is 0 Å². The van der Waals surface area contributed by atoms with Crippen molar-refractivity contribution in [3.8, 4) is 22.8 Å². The first-order valence-corrected chi connectivity index (χ1v) is 9.39. The first-order valence-electron chi connectivity index (χ1n) is 9.39. The fraction of sp³-hybridized carbons (Fsp3) is 0.381. The monoisotopic (exact) mass is 380 g/mol. The summed E-state index contributed by atoms with van der Waals surface area (Å²) in [7, 11) is 3.28. The maximum atomic E-state index is 5.61. The number of benzene rings is 1. The maximum absolute atomic E-state index is 5.61. The van der Waals surface area contributed by atoms with Gasteiger partial charge >= 0.3 is 0 Å². The van der Waals surface area contributed by atoms with Gasteiger partial charge in [0.15, 0.2) is 0 Å². The summed E-state index contributed by atoms with van der Waals surface area (Å²) in [5.74, 6) is 2.05. The van der Waals surface area contributed by atoms with Crippen LogP contribution in [0.25, 0.3) is 22.2 Å². The fourth-order valence-corrected chi connectivity index (χ4v) is 3.49. The van der Waals surface area contributed by atoms with Crippen LogP contribution in [0.4, 0.5) is 5.95 Å². The van der Waals surface area contributed by atoms with Gasteiger partial charge in [0.2, 0.25) is 5.95 Å². The highest BCUT2D eigenvalue weighted by Crippen LogP contribution is 2.34. The molecule has 4 rings (SSSR count). The summed E-state index contributed by atoms with van der Waals surface area (Å²) in [6.07, 6.45) is 6.02. The molecule has 0 radical (unpaired) electrons. The third-order valence-electron chi connectivity index (χ3n) is 4.96. The molecule has 0 aliphatic carbocycles. The molecule has 7 nitrogen and oxygen atoms in total. The molecular formula is C21H24N4O3. The van der Waals surface area contributed by atoms with Crippen LogP contribution >= 0.6 is 0 Å². The van der Waals surface area contributed by atoms with Gasteiger partial charge in [0, 0.05) is 48.6 Å². The van der Waals surface area contributed by atoms with Crippen molar-refractivity contribution in [3.05, 3.63) is 36.2 Å². The van der Waals surface area contributed by atoms with Gasteiger partial charge in [-0.15, -0.1) is 0 Å². The van der Waals surface area contributed by atoms with E-state index < -0.39 is 0 Å². The molecule has 1 aromatic carbocycles. The molecule has 3 aromatic rings. The second-order valence-corrected chi connectivity index (χ2v) is 6.86. The van der Waals surface area contributed by atoms with Crippen molar-refractivity contribution in [3.63, 3.8) is 0 Å². The highest BCUT2D eigenvalue weighted by molar-refractivity contribution is 5.91. The Balaban J connectivity index is 1.61. The Hall–Kier alpha value is -2.93. The molecule has 1 fully saturated rings. The Labute approximate surface area is 164 Å². The molecule has 7 heteroatoms. The first-order chi connectivity index (χ1) is 13.7. The lowest BCUT2D eigenvalue weighted by Gasteiger charge is -2.13. The number of hydrogen-bond acceptors (Lipinski definition) is 7. The molecule has 0 spiro atoms. The minimum absolute atomic E-state index is 0.248. The van der Waals surface area contributed by atoms with E-state index in [4.69, 9.17) is 19.2 Å². The summed E-state index contributed by atoms with van der Waals surface area (Å²) in [4.78, 5) is 13.6. The number of aryl methyl sites for hydroxylation is 1. The van der Waals surface area contributed by atoms with Gasteiger partial charge in [-0.2, -0.15) is 0 Å². The third kappa shape index (κ3) is 3.71. The average molecular weight is 380 g/mol. The lowest BCUT2D eigenvalue weighted by Crippen LogP contribution is -2.19. The standard InChI is InChI=1S/C21H24N4O3/c1-13-7-17(25-18-8-16(26-2)9-19(27-3)20(13)18)14-10-22-21(23-11-14)24-12-15-5-4-6-28-15/h7-11,15H,4-6,12H2,1-3H3,(H,22,23,24). The van der Waals surface area contributed by atoms with Crippen molar-refractivity contribution in [2.75, 3.05) is 32.7 Å². The second kappa shape index (κ2) is 7.98. The number of aromatic nitrogens is 3. The van der Waals surface area contributed by atoms with Crippen LogP contribution in [0.2, 0.25) is 0 Å². The van der Waals surface area contributed by atoms with Gasteiger partial charge in [-0.05, 0) is 31.4 Å². The lowest BCUT2D eigenvalue weighted by atomic mass is 10.1. The van der Waals surface area contributed by atoms with Crippen LogP contribution in [0.5, 0.6) is 11.5 Å². The second-order valence-electron chi connectivity index (χ2n) is 6.86. The van der Waals surface area contributed by atoms with E-state index in [0.717, 1.165) is 59.5 Å². The van der Waals surface area contributed by atoms with E-state index in [0.29, 0.717) is 11.7 Å². The normalized spacial score (nSPS) is 16.3. The van der Waals surface area contributed by atoms with E-state index in [9.17, 15) is 0 Å². The SMILES string of the molecule is COc1cc(OC)c2c(C)cc(-c3cnc(NCC4CCCO4)nc3)nc2c1. The van der Waals surface area contributed by atoms with Gasteiger partial charge in [-0.25, -0.2) is 15.0 Å². The minimum Gasteiger partial charge on any atom is -0.497 e. The Morgan fingerprint density at radius 3 is 2.64 bits per heavy atom. The third-order valence-corrected chi connectivity index (χ3v) is 4.96. The zero-order valence-electron chi connectivity index (χ0n) is 16.4. The maximum Gasteiger partial charge on any atom is 0.222 e. The molecule has 1 aliphatic rings. The van der Waals surface area contributed by atoms with E-state index in [1.54, 1.807) is 26.6 Å². The van der Waals surface area contributed by atoms with Crippen LogP contribution < -0.4 is 14.8 Å². The number of hydrogen-bond donors (Lipinski definition) is 1. The molecule has 1 unspecified atom stereocenters. The van der Waals surface area contributed by atoms with Crippen LogP contribution in [-0.2, 0) is 4.74 Å². The molecule has 1 atom stereocenters. The zero-order chi connectivity index (χ0) is 19.5. The quantitative estimate of drug-likeness (QED) is 0.700.